The van der Waals surface area contributed by atoms with Crippen LogP contribution >= 0.6 is 11.3 Å². The van der Waals surface area contributed by atoms with Crippen molar-refractivity contribution in [2.24, 2.45) is 0 Å². The van der Waals surface area contributed by atoms with Gasteiger partial charge in [-0.15, -0.1) is 11.3 Å². The SMILES string of the molecule is CNCCc1ccc(S(=O)(=O)N2CCCCC2)s1. The minimum atomic E-state index is -3.23. The molecule has 1 fully saturated rings. The molecule has 0 radical (unpaired) electrons. The van der Waals surface area contributed by atoms with Crippen LogP contribution < -0.4 is 5.32 Å². The zero-order valence-electron chi connectivity index (χ0n) is 10.7. The molecule has 1 N–H and O–H groups in total. The molecular weight excluding hydrogens is 268 g/mol. The van der Waals surface area contributed by atoms with Gasteiger partial charge in [-0.25, -0.2) is 8.42 Å². The van der Waals surface area contributed by atoms with Gasteiger partial charge < -0.3 is 5.32 Å². The average Bonchev–Trinajstić information content (AvgIpc) is 2.87. The molecule has 2 heterocycles. The summed E-state index contributed by atoms with van der Waals surface area (Å²) in [6.45, 7) is 2.22. The second-order valence-corrected chi connectivity index (χ2v) is 7.87. The Hall–Kier alpha value is -0.430. The minimum absolute atomic E-state index is 0.496. The first kappa shape index (κ1) is 14.0. The van der Waals surface area contributed by atoms with Crippen LogP contribution in [-0.2, 0) is 16.4 Å². The number of piperidine rings is 1. The van der Waals surface area contributed by atoms with Gasteiger partial charge in [0.2, 0.25) is 0 Å². The largest absolute Gasteiger partial charge is 0.319 e. The van der Waals surface area contributed by atoms with Crippen LogP contribution in [0.3, 0.4) is 0 Å². The van der Waals surface area contributed by atoms with E-state index in [4.69, 9.17) is 0 Å². The quantitative estimate of drug-likeness (QED) is 0.897. The molecule has 6 heteroatoms. The zero-order valence-corrected chi connectivity index (χ0v) is 12.3. The maximum absolute atomic E-state index is 12.4. The normalized spacial score (nSPS) is 18.1. The van der Waals surface area contributed by atoms with Gasteiger partial charge in [-0.2, -0.15) is 4.31 Å². The molecule has 1 aliphatic heterocycles. The maximum atomic E-state index is 12.4. The average molecular weight is 288 g/mol. The van der Waals surface area contributed by atoms with Crippen LogP contribution in [0.4, 0.5) is 0 Å². The van der Waals surface area contributed by atoms with E-state index in [2.05, 4.69) is 5.32 Å². The fraction of sp³-hybridized carbons (Fsp3) is 0.667. The second kappa shape index (κ2) is 6.14. The predicted octanol–water partition coefficient (Wildman–Crippen LogP) is 1.68. The maximum Gasteiger partial charge on any atom is 0.252 e. The Morgan fingerprint density at radius 3 is 2.67 bits per heavy atom. The number of rotatable bonds is 5. The minimum Gasteiger partial charge on any atom is -0.319 e. The molecule has 0 aromatic carbocycles. The number of thiophene rings is 1. The summed E-state index contributed by atoms with van der Waals surface area (Å²) < 4.78 is 26.9. The van der Waals surface area contributed by atoms with Crippen molar-refractivity contribution in [3.8, 4) is 0 Å². The fourth-order valence-corrected chi connectivity index (χ4v) is 5.14. The summed E-state index contributed by atoms with van der Waals surface area (Å²) in [4.78, 5) is 1.12. The number of nitrogens with one attached hydrogen (secondary N) is 1. The zero-order chi connectivity index (χ0) is 13.0. The van der Waals surface area contributed by atoms with Crippen molar-refractivity contribution in [2.45, 2.75) is 29.9 Å². The highest BCUT2D eigenvalue weighted by Crippen LogP contribution is 2.27. The van der Waals surface area contributed by atoms with Crippen molar-refractivity contribution >= 4 is 21.4 Å². The molecule has 0 bridgehead atoms. The third-order valence-corrected chi connectivity index (χ3v) is 6.68. The first-order chi connectivity index (χ1) is 8.64. The van der Waals surface area contributed by atoms with Crippen LogP contribution in [0.1, 0.15) is 24.1 Å². The Kier molecular flexibility index (Phi) is 4.77. The van der Waals surface area contributed by atoms with Gasteiger partial charge in [-0.1, -0.05) is 6.42 Å². The Morgan fingerprint density at radius 2 is 2.00 bits per heavy atom. The van der Waals surface area contributed by atoms with E-state index < -0.39 is 10.0 Å². The molecule has 1 aromatic heterocycles. The Bertz CT molecular complexity index is 476. The van der Waals surface area contributed by atoms with E-state index in [-0.39, 0.29) is 0 Å². The van der Waals surface area contributed by atoms with Crippen LogP contribution in [0.25, 0.3) is 0 Å². The monoisotopic (exact) mass is 288 g/mol. The molecule has 0 aliphatic carbocycles. The van der Waals surface area contributed by atoms with E-state index in [1.54, 1.807) is 10.4 Å². The smallest absolute Gasteiger partial charge is 0.252 e. The van der Waals surface area contributed by atoms with Gasteiger partial charge in [0.05, 0.1) is 0 Å². The van der Waals surface area contributed by atoms with E-state index in [1.807, 2.05) is 13.1 Å². The van der Waals surface area contributed by atoms with E-state index in [1.165, 1.54) is 11.3 Å². The van der Waals surface area contributed by atoms with Crippen LogP contribution in [0.2, 0.25) is 0 Å². The van der Waals surface area contributed by atoms with Crippen LogP contribution in [0.5, 0.6) is 0 Å². The lowest BCUT2D eigenvalue weighted by atomic mass is 10.2. The van der Waals surface area contributed by atoms with Crippen molar-refractivity contribution < 1.29 is 8.42 Å². The van der Waals surface area contributed by atoms with E-state index in [0.717, 1.165) is 37.1 Å². The van der Waals surface area contributed by atoms with Gasteiger partial charge >= 0.3 is 0 Å². The number of likely N-dealkylation sites (N-methyl/N-ethyl adjacent to an activating group) is 1. The highest BCUT2D eigenvalue weighted by molar-refractivity contribution is 7.91. The summed E-state index contributed by atoms with van der Waals surface area (Å²) in [7, 11) is -1.33. The van der Waals surface area contributed by atoms with E-state index in [0.29, 0.717) is 17.3 Å². The molecule has 0 amide bonds. The third-order valence-electron chi connectivity index (χ3n) is 3.17. The van der Waals surface area contributed by atoms with Gasteiger partial charge in [0, 0.05) is 18.0 Å². The highest BCUT2D eigenvalue weighted by Gasteiger charge is 2.27. The highest BCUT2D eigenvalue weighted by atomic mass is 32.2. The molecule has 2 rings (SSSR count). The van der Waals surface area contributed by atoms with E-state index in [9.17, 15) is 8.42 Å². The van der Waals surface area contributed by atoms with Gasteiger partial charge in [0.25, 0.3) is 10.0 Å². The number of nitrogens with zero attached hydrogens (tertiary/aromatic N) is 1. The molecular formula is C12H20N2O2S2. The first-order valence-electron chi connectivity index (χ1n) is 6.38. The van der Waals surface area contributed by atoms with Crippen LogP contribution in [0.15, 0.2) is 16.3 Å². The number of sulfonamides is 1. The van der Waals surface area contributed by atoms with Crippen molar-refractivity contribution in [1.29, 1.82) is 0 Å². The Labute approximate surface area is 113 Å². The Morgan fingerprint density at radius 1 is 1.28 bits per heavy atom. The molecule has 0 atom stereocenters. The fourth-order valence-electron chi connectivity index (χ4n) is 2.11. The van der Waals surface area contributed by atoms with Crippen molar-refractivity contribution in [1.82, 2.24) is 9.62 Å². The molecule has 102 valence electrons. The van der Waals surface area contributed by atoms with Gasteiger partial charge in [-0.3, -0.25) is 0 Å². The van der Waals surface area contributed by atoms with Gasteiger partial charge in [0.1, 0.15) is 4.21 Å². The number of hydrogen-bond donors (Lipinski definition) is 1. The molecule has 1 saturated heterocycles. The lowest BCUT2D eigenvalue weighted by molar-refractivity contribution is 0.347. The predicted molar refractivity (Wildman–Crippen MR) is 74.6 cm³/mol. The summed E-state index contributed by atoms with van der Waals surface area (Å²) in [5, 5.41) is 3.07. The van der Waals surface area contributed by atoms with Crippen molar-refractivity contribution in [3.63, 3.8) is 0 Å². The summed E-state index contributed by atoms with van der Waals surface area (Å²) in [6.07, 6.45) is 4.00. The second-order valence-electron chi connectivity index (χ2n) is 4.54. The van der Waals surface area contributed by atoms with Crippen molar-refractivity contribution in [3.05, 3.63) is 17.0 Å². The van der Waals surface area contributed by atoms with Crippen molar-refractivity contribution in [2.75, 3.05) is 26.7 Å². The van der Waals surface area contributed by atoms with Gasteiger partial charge in [0.15, 0.2) is 0 Å². The van der Waals surface area contributed by atoms with Gasteiger partial charge in [-0.05, 0) is 45.0 Å². The summed E-state index contributed by atoms with van der Waals surface area (Å²) >= 11 is 1.40. The summed E-state index contributed by atoms with van der Waals surface area (Å²) in [6, 6.07) is 3.68. The van der Waals surface area contributed by atoms with E-state index >= 15 is 0 Å². The summed E-state index contributed by atoms with van der Waals surface area (Å²) in [5.41, 5.74) is 0. The number of hydrogen-bond acceptors (Lipinski definition) is 4. The standard InChI is InChI=1S/C12H20N2O2S2/c1-13-8-7-11-5-6-12(17-11)18(15,16)14-9-3-2-4-10-14/h5-6,13H,2-4,7-10H2,1H3. The molecule has 18 heavy (non-hydrogen) atoms. The molecule has 4 nitrogen and oxygen atoms in total. The Balaban J connectivity index is 2.11. The molecule has 0 unspecified atom stereocenters. The molecule has 1 aromatic rings. The van der Waals surface area contributed by atoms with Crippen LogP contribution in [-0.4, -0.2) is 39.4 Å². The third kappa shape index (κ3) is 3.12. The molecule has 0 spiro atoms. The molecule has 0 saturated carbocycles. The molecule has 1 aliphatic rings. The van der Waals surface area contributed by atoms with Crippen LogP contribution in [0, 0.1) is 0 Å². The lowest BCUT2D eigenvalue weighted by Crippen LogP contribution is -2.35. The topological polar surface area (TPSA) is 49.4 Å². The lowest BCUT2D eigenvalue weighted by Gasteiger charge is -2.25. The first-order valence-corrected chi connectivity index (χ1v) is 8.64. The summed E-state index contributed by atoms with van der Waals surface area (Å²) in [5.74, 6) is 0.